The van der Waals surface area contributed by atoms with Gasteiger partial charge < -0.3 is 19.7 Å². The molecular weight excluding hydrogens is 224 g/mol. The van der Waals surface area contributed by atoms with Gasteiger partial charge in [0.25, 0.3) is 0 Å². The monoisotopic (exact) mass is 240 g/mol. The van der Waals surface area contributed by atoms with E-state index in [-0.39, 0.29) is 11.3 Å². The van der Waals surface area contributed by atoms with Gasteiger partial charge in [0.05, 0.1) is 6.61 Å². The number of carbonyl (C=O) groups is 1. The molecule has 0 atom stereocenters. The Bertz CT molecular complexity index is 375. The zero-order chi connectivity index (χ0) is 12.7. The zero-order valence-electron chi connectivity index (χ0n) is 9.68. The van der Waals surface area contributed by atoms with Crippen LogP contribution in [0.3, 0.4) is 0 Å². The Balaban J connectivity index is 2.45. The summed E-state index contributed by atoms with van der Waals surface area (Å²) in [5.41, 5.74) is -0.128. The van der Waals surface area contributed by atoms with E-state index in [2.05, 4.69) is 0 Å². The Labute approximate surface area is 99.6 Å². The smallest absolute Gasteiger partial charge is 0.339 e. The molecule has 1 aromatic rings. The number of carboxylic acids is 1. The minimum atomic E-state index is -1.16. The molecule has 5 nitrogen and oxygen atoms in total. The van der Waals surface area contributed by atoms with Gasteiger partial charge in [0, 0.05) is 19.8 Å². The fourth-order valence-corrected chi connectivity index (χ4v) is 1.32. The summed E-state index contributed by atoms with van der Waals surface area (Å²) in [5, 5.41) is 18.1. The molecule has 0 aliphatic rings. The van der Waals surface area contributed by atoms with E-state index >= 15 is 0 Å². The highest BCUT2D eigenvalue weighted by Crippen LogP contribution is 2.23. The van der Waals surface area contributed by atoms with Gasteiger partial charge in [0.15, 0.2) is 0 Å². The number of rotatable bonds is 7. The summed E-state index contributed by atoms with van der Waals surface area (Å²) in [7, 11) is 1.64. The maximum atomic E-state index is 10.7. The van der Waals surface area contributed by atoms with Crippen LogP contribution < -0.4 is 4.74 Å². The van der Waals surface area contributed by atoms with Crippen molar-refractivity contribution in [3.8, 4) is 11.5 Å². The molecule has 17 heavy (non-hydrogen) atoms. The molecule has 1 aromatic carbocycles. The van der Waals surface area contributed by atoms with E-state index in [1.807, 2.05) is 0 Å². The van der Waals surface area contributed by atoms with Crippen LogP contribution in [0.5, 0.6) is 11.5 Å². The van der Waals surface area contributed by atoms with Crippen molar-refractivity contribution in [1.82, 2.24) is 0 Å². The van der Waals surface area contributed by atoms with Crippen LogP contribution in [0.1, 0.15) is 23.2 Å². The first kappa shape index (κ1) is 13.3. The van der Waals surface area contributed by atoms with Crippen LogP contribution in [0.15, 0.2) is 18.2 Å². The number of hydrogen-bond acceptors (Lipinski definition) is 4. The topological polar surface area (TPSA) is 76.0 Å². The Morgan fingerprint density at radius 1 is 1.29 bits per heavy atom. The fraction of sp³-hybridized carbons (Fsp3) is 0.417. The van der Waals surface area contributed by atoms with E-state index in [0.29, 0.717) is 19.0 Å². The highest BCUT2D eigenvalue weighted by Gasteiger charge is 2.09. The van der Waals surface area contributed by atoms with Crippen LogP contribution in [0.4, 0.5) is 0 Å². The van der Waals surface area contributed by atoms with Gasteiger partial charge >= 0.3 is 5.97 Å². The summed E-state index contributed by atoms with van der Waals surface area (Å²) in [5.74, 6) is -0.981. The molecule has 0 unspecified atom stereocenters. The lowest BCUT2D eigenvalue weighted by atomic mass is 10.2. The maximum absolute atomic E-state index is 10.7. The molecule has 0 aliphatic carbocycles. The lowest BCUT2D eigenvalue weighted by Crippen LogP contribution is -2.01. The summed E-state index contributed by atoms with van der Waals surface area (Å²) in [6.07, 6.45) is 1.74. The van der Waals surface area contributed by atoms with Gasteiger partial charge in [-0.1, -0.05) is 0 Å². The van der Waals surface area contributed by atoms with Crippen molar-refractivity contribution in [3.05, 3.63) is 23.8 Å². The molecule has 0 amide bonds. The molecule has 0 bridgehead atoms. The predicted octanol–water partition coefficient (Wildman–Crippen LogP) is 1.90. The summed E-state index contributed by atoms with van der Waals surface area (Å²) in [6.45, 7) is 1.20. The molecule has 0 heterocycles. The van der Waals surface area contributed by atoms with Crippen LogP contribution in [-0.2, 0) is 4.74 Å². The second kappa shape index (κ2) is 6.75. The van der Waals surface area contributed by atoms with E-state index in [9.17, 15) is 9.90 Å². The molecule has 5 heteroatoms. The van der Waals surface area contributed by atoms with Crippen LogP contribution in [0, 0.1) is 0 Å². The van der Waals surface area contributed by atoms with Crippen LogP contribution in [0.25, 0.3) is 0 Å². The third-order valence-corrected chi connectivity index (χ3v) is 2.21. The number of aromatic hydroxyl groups is 1. The molecule has 1 rings (SSSR count). The van der Waals surface area contributed by atoms with Crippen LogP contribution >= 0.6 is 0 Å². The van der Waals surface area contributed by atoms with Crippen LogP contribution in [0.2, 0.25) is 0 Å². The van der Waals surface area contributed by atoms with Gasteiger partial charge in [0.2, 0.25) is 0 Å². The highest BCUT2D eigenvalue weighted by molar-refractivity contribution is 5.90. The number of carboxylic acid groups (broad SMARTS) is 1. The summed E-state index contributed by atoms with van der Waals surface area (Å²) in [6, 6.07) is 4.15. The molecule has 0 aliphatic heterocycles. The van der Waals surface area contributed by atoms with Gasteiger partial charge in [-0.15, -0.1) is 0 Å². The Hall–Kier alpha value is -1.75. The van der Waals surface area contributed by atoms with Crippen molar-refractivity contribution in [1.29, 1.82) is 0 Å². The van der Waals surface area contributed by atoms with Gasteiger partial charge in [0.1, 0.15) is 17.1 Å². The summed E-state index contributed by atoms with van der Waals surface area (Å²) < 4.78 is 10.3. The average Bonchev–Trinajstić information content (AvgIpc) is 2.28. The quantitative estimate of drug-likeness (QED) is 0.712. The third kappa shape index (κ3) is 4.32. The van der Waals surface area contributed by atoms with E-state index < -0.39 is 5.97 Å². The lowest BCUT2D eigenvalue weighted by molar-refractivity contribution is 0.0693. The highest BCUT2D eigenvalue weighted by atomic mass is 16.5. The number of aromatic carboxylic acids is 1. The number of unbranched alkanes of at least 4 members (excludes halogenated alkanes) is 1. The standard InChI is InChI=1S/C12H16O5/c1-16-6-2-3-7-17-9-4-5-10(12(14)15)11(13)8-9/h4-5,8,13H,2-3,6-7H2,1H3,(H,14,15). The molecule has 0 fully saturated rings. The lowest BCUT2D eigenvalue weighted by Gasteiger charge is -2.07. The zero-order valence-corrected chi connectivity index (χ0v) is 9.68. The van der Waals surface area contributed by atoms with Gasteiger partial charge in [-0.2, -0.15) is 0 Å². The molecule has 94 valence electrons. The first-order valence-electron chi connectivity index (χ1n) is 5.33. The van der Waals surface area contributed by atoms with E-state index in [1.165, 1.54) is 18.2 Å². The van der Waals surface area contributed by atoms with Crippen molar-refractivity contribution < 1.29 is 24.5 Å². The van der Waals surface area contributed by atoms with Crippen LogP contribution in [-0.4, -0.2) is 36.5 Å². The molecule has 0 spiro atoms. The normalized spacial score (nSPS) is 10.2. The van der Waals surface area contributed by atoms with Crippen molar-refractivity contribution in [2.45, 2.75) is 12.8 Å². The van der Waals surface area contributed by atoms with Crippen molar-refractivity contribution >= 4 is 5.97 Å². The van der Waals surface area contributed by atoms with E-state index in [4.69, 9.17) is 14.6 Å². The Morgan fingerprint density at radius 3 is 2.59 bits per heavy atom. The second-order valence-electron chi connectivity index (χ2n) is 3.53. The molecule has 0 saturated carbocycles. The van der Waals surface area contributed by atoms with Crippen molar-refractivity contribution in [2.24, 2.45) is 0 Å². The number of methoxy groups -OCH3 is 1. The first-order valence-corrected chi connectivity index (χ1v) is 5.33. The third-order valence-electron chi connectivity index (χ3n) is 2.21. The molecule has 2 N–H and O–H groups in total. The van der Waals surface area contributed by atoms with Gasteiger partial charge in [-0.25, -0.2) is 4.79 Å². The summed E-state index contributed by atoms with van der Waals surface area (Å²) >= 11 is 0. The number of ether oxygens (including phenoxy) is 2. The van der Waals surface area contributed by atoms with Crippen molar-refractivity contribution in [3.63, 3.8) is 0 Å². The molecule has 0 saturated heterocycles. The number of benzene rings is 1. The first-order chi connectivity index (χ1) is 8.15. The Morgan fingerprint density at radius 2 is 2.00 bits per heavy atom. The minimum Gasteiger partial charge on any atom is -0.507 e. The minimum absolute atomic E-state index is 0.128. The molecular formula is C12H16O5. The van der Waals surface area contributed by atoms with E-state index in [1.54, 1.807) is 7.11 Å². The Kier molecular flexibility index (Phi) is 5.29. The maximum Gasteiger partial charge on any atom is 0.339 e. The SMILES string of the molecule is COCCCCOc1ccc(C(=O)O)c(O)c1. The molecule has 0 radical (unpaired) electrons. The summed E-state index contributed by atoms with van der Waals surface area (Å²) in [4.78, 5) is 10.7. The second-order valence-corrected chi connectivity index (χ2v) is 3.53. The largest absolute Gasteiger partial charge is 0.507 e. The predicted molar refractivity (Wildman–Crippen MR) is 61.7 cm³/mol. The van der Waals surface area contributed by atoms with Crippen molar-refractivity contribution in [2.75, 3.05) is 20.3 Å². The number of phenols is 1. The molecule has 0 aromatic heterocycles. The fourth-order valence-electron chi connectivity index (χ4n) is 1.32. The van der Waals surface area contributed by atoms with Gasteiger partial charge in [-0.3, -0.25) is 0 Å². The average molecular weight is 240 g/mol. The van der Waals surface area contributed by atoms with Gasteiger partial charge in [-0.05, 0) is 25.0 Å². The number of hydrogen-bond donors (Lipinski definition) is 2. The van der Waals surface area contributed by atoms with E-state index in [0.717, 1.165) is 12.8 Å².